The lowest BCUT2D eigenvalue weighted by atomic mass is 9.88. The van der Waals surface area contributed by atoms with E-state index in [0.717, 1.165) is 51.7 Å². The molecule has 106 valence electrons. The zero-order chi connectivity index (χ0) is 13.5. The van der Waals surface area contributed by atoms with Gasteiger partial charge in [-0.25, -0.2) is 4.79 Å². The van der Waals surface area contributed by atoms with Gasteiger partial charge in [-0.15, -0.1) is 0 Å². The van der Waals surface area contributed by atoms with Crippen LogP contribution in [0.3, 0.4) is 0 Å². The summed E-state index contributed by atoms with van der Waals surface area (Å²) in [5.41, 5.74) is -0.319. The van der Waals surface area contributed by atoms with Gasteiger partial charge in [0.25, 0.3) is 0 Å². The van der Waals surface area contributed by atoms with Gasteiger partial charge in [-0.2, -0.15) is 0 Å². The average Bonchev–Trinajstić information content (AvgIpc) is 3.16. The molecular weight excluding hydrogens is 240 g/mol. The summed E-state index contributed by atoms with van der Waals surface area (Å²) in [4.78, 5) is 16.6. The van der Waals surface area contributed by atoms with Gasteiger partial charge in [0, 0.05) is 12.6 Å². The first-order valence-electron chi connectivity index (χ1n) is 7.59. The van der Waals surface area contributed by atoms with Crippen LogP contribution >= 0.6 is 0 Å². The van der Waals surface area contributed by atoms with Gasteiger partial charge in [-0.3, -0.25) is 10.7 Å². The summed E-state index contributed by atoms with van der Waals surface area (Å²) >= 11 is 0. The largest absolute Gasteiger partial charge is 0.323 e. The maximum Gasteiger partial charge on any atom is 0.323 e. The maximum absolute atomic E-state index is 12.1. The quantitative estimate of drug-likeness (QED) is 0.816. The van der Waals surface area contributed by atoms with E-state index >= 15 is 0 Å². The number of carbonyl (C=O) groups is 1. The molecule has 2 N–H and O–H groups in total. The summed E-state index contributed by atoms with van der Waals surface area (Å²) in [6.45, 7) is 5.46. The zero-order valence-electron chi connectivity index (χ0n) is 11.7. The van der Waals surface area contributed by atoms with Crippen LogP contribution < -0.4 is 5.32 Å². The minimum atomic E-state index is -0.319. The number of urea groups is 1. The lowest BCUT2D eigenvalue weighted by Crippen LogP contribution is -2.51. The Bertz CT molecular complexity index is 393. The van der Waals surface area contributed by atoms with E-state index in [-0.39, 0.29) is 11.6 Å². The Morgan fingerprint density at radius 2 is 2.16 bits per heavy atom. The van der Waals surface area contributed by atoms with Crippen LogP contribution in [0.1, 0.15) is 45.4 Å². The zero-order valence-corrected chi connectivity index (χ0v) is 11.7. The number of likely N-dealkylation sites (tertiary alicyclic amines) is 1. The Morgan fingerprint density at radius 1 is 1.37 bits per heavy atom. The van der Waals surface area contributed by atoms with Crippen LogP contribution in [-0.2, 0) is 0 Å². The van der Waals surface area contributed by atoms with Crippen molar-refractivity contribution >= 4 is 11.9 Å². The molecule has 5 nitrogen and oxygen atoms in total. The smallest absolute Gasteiger partial charge is 0.309 e. The molecule has 3 aliphatic rings. The van der Waals surface area contributed by atoms with Crippen LogP contribution in [0.5, 0.6) is 0 Å². The summed E-state index contributed by atoms with van der Waals surface area (Å²) < 4.78 is 0. The first kappa shape index (κ1) is 12.9. The third kappa shape index (κ3) is 2.14. The summed E-state index contributed by atoms with van der Waals surface area (Å²) in [5, 5.41) is 11.0. The van der Waals surface area contributed by atoms with E-state index in [1.165, 1.54) is 6.42 Å². The second kappa shape index (κ2) is 4.78. The molecule has 0 aromatic heterocycles. The lowest BCUT2D eigenvalue weighted by molar-refractivity contribution is 0.155. The number of nitrogens with one attached hydrogen (secondary N) is 2. The fourth-order valence-corrected chi connectivity index (χ4v) is 3.65. The fraction of sp³-hybridized carbons (Fsp3) is 0.857. The van der Waals surface area contributed by atoms with E-state index in [4.69, 9.17) is 5.41 Å². The predicted molar refractivity (Wildman–Crippen MR) is 74.4 cm³/mol. The summed E-state index contributed by atoms with van der Waals surface area (Å²) in [7, 11) is 0. The van der Waals surface area contributed by atoms with Crippen molar-refractivity contribution in [2.45, 2.75) is 57.0 Å². The van der Waals surface area contributed by atoms with Crippen molar-refractivity contribution in [3.05, 3.63) is 0 Å². The molecule has 2 heterocycles. The number of hydrogen-bond donors (Lipinski definition) is 2. The highest BCUT2D eigenvalue weighted by Crippen LogP contribution is 2.41. The van der Waals surface area contributed by atoms with E-state index in [0.29, 0.717) is 11.9 Å². The highest BCUT2D eigenvalue weighted by molar-refractivity contribution is 6.08. The molecule has 0 bridgehead atoms. The molecule has 0 aromatic carbocycles. The Balaban J connectivity index is 1.80. The minimum Gasteiger partial charge on any atom is -0.309 e. The Hall–Kier alpha value is -1.10. The number of amidine groups is 1. The summed E-state index contributed by atoms with van der Waals surface area (Å²) in [5.74, 6) is 0.447. The third-order valence-corrected chi connectivity index (χ3v) is 4.74. The molecule has 2 saturated heterocycles. The van der Waals surface area contributed by atoms with Crippen molar-refractivity contribution in [2.75, 3.05) is 19.6 Å². The van der Waals surface area contributed by atoms with Crippen molar-refractivity contribution in [3.8, 4) is 0 Å². The van der Waals surface area contributed by atoms with Crippen LogP contribution in [0.4, 0.5) is 4.79 Å². The number of rotatable bonds is 3. The molecule has 3 fully saturated rings. The van der Waals surface area contributed by atoms with Gasteiger partial charge in [-0.1, -0.05) is 6.92 Å². The standard InChI is InChI=1S/C14H24N4O/c1-2-8-17-9-3-6-14(7-10-17)12(15)16-13(19)18(14)11-4-5-11/h11H,2-10H2,1H3,(H2,15,16,19). The van der Waals surface area contributed by atoms with Crippen LogP contribution in [0, 0.1) is 5.41 Å². The molecule has 19 heavy (non-hydrogen) atoms. The molecule has 1 unspecified atom stereocenters. The van der Waals surface area contributed by atoms with Crippen molar-refractivity contribution in [3.63, 3.8) is 0 Å². The molecule has 0 aromatic rings. The van der Waals surface area contributed by atoms with Crippen LogP contribution in [-0.4, -0.2) is 52.9 Å². The van der Waals surface area contributed by atoms with Gasteiger partial charge in [-0.05, 0) is 51.6 Å². The number of hydrogen-bond acceptors (Lipinski definition) is 3. The molecule has 1 saturated carbocycles. The monoisotopic (exact) mass is 264 g/mol. The SMILES string of the molecule is CCCN1CCCC2(CC1)C(=N)NC(=O)N2C1CC1. The van der Waals surface area contributed by atoms with Gasteiger partial charge in [0.05, 0.1) is 0 Å². The Labute approximate surface area is 114 Å². The van der Waals surface area contributed by atoms with Crippen LogP contribution in [0.15, 0.2) is 0 Å². The first-order valence-corrected chi connectivity index (χ1v) is 7.59. The van der Waals surface area contributed by atoms with E-state index < -0.39 is 0 Å². The van der Waals surface area contributed by atoms with Crippen LogP contribution in [0.2, 0.25) is 0 Å². The lowest BCUT2D eigenvalue weighted by Gasteiger charge is -2.36. The topological polar surface area (TPSA) is 59.4 Å². The second-order valence-corrected chi connectivity index (χ2v) is 6.13. The second-order valence-electron chi connectivity index (χ2n) is 6.13. The number of amides is 2. The fourth-order valence-electron chi connectivity index (χ4n) is 3.65. The van der Waals surface area contributed by atoms with Gasteiger partial charge in [0.2, 0.25) is 0 Å². The summed E-state index contributed by atoms with van der Waals surface area (Å²) in [6.07, 6.45) is 6.35. The Morgan fingerprint density at radius 3 is 2.84 bits per heavy atom. The number of nitrogens with zero attached hydrogens (tertiary/aromatic N) is 2. The molecule has 2 aliphatic heterocycles. The molecule has 1 aliphatic carbocycles. The average molecular weight is 264 g/mol. The molecule has 5 heteroatoms. The molecule has 3 rings (SSSR count). The molecular formula is C14H24N4O. The highest BCUT2D eigenvalue weighted by Gasteiger charge is 2.55. The van der Waals surface area contributed by atoms with E-state index in [1.807, 2.05) is 4.90 Å². The first-order chi connectivity index (χ1) is 9.17. The van der Waals surface area contributed by atoms with E-state index in [2.05, 4.69) is 17.1 Å². The third-order valence-electron chi connectivity index (χ3n) is 4.74. The van der Waals surface area contributed by atoms with Crippen LogP contribution in [0.25, 0.3) is 0 Å². The molecule has 0 radical (unpaired) electrons. The van der Waals surface area contributed by atoms with Crippen molar-refractivity contribution in [1.29, 1.82) is 5.41 Å². The van der Waals surface area contributed by atoms with E-state index in [9.17, 15) is 4.79 Å². The maximum atomic E-state index is 12.1. The molecule has 1 spiro atoms. The van der Waals surface area contributed by atoms with Gasteiger partial charge in [0.1, 0.15) is 11.4 Å². The molecule has 1 atom stereocenters. The van der Waals surface area contributed by atoms with Gasteiger partial charge in [0.15, 0.2) is 0 Å². The predicted octanol–water partition coefficient (Wildman–Crippen LogP) is 1.79. The highest BCUT2D eigenvalue weighted by atomic mass is 16.2. The van der Waals surface area contributed by atoms with Crippen molar-refractivity contribution < 1.29 is 4.79 Å². The minimum absolute atomic E-state index is 0.0311. The number of carbonyl (C=O) groups excluding carboxylic acids is 1. The van der Waals surface area contributed by atoms with E-state index in [1.54, 1.807) is 0 Å². The molecule has 2 amide bonds. The Kier molecular flexibility index (Phi) is 3.25. The van der Waals surface area contributed by atoms with Crippen molar-refractivity contribution in [2.24, 2.45) is 0 Å². The summed E-state index contributed by atoms with van der Waals surface area (Å²) in [6, 6.07) is 0.358. The van der Waals surface area contributed by atoms with Crippen molar-refractivity contribution in [1.82, 2.24) is 15.1 Å². The van der Waals surface area contributed by atoms with Gasteiger partial charge < -0.3 is 9.80 Å². The van der Waals surface area contributed by atoms with Gasteiger partial charge >= 0.3 is 6.03 Å². The normalized spacial score (nSPS) is 32.8.